The van der Waals surface area contributed by atoms with E-state index in [1.807, 2.05) is 24.5 Å². The lowest BCUT2D eigenvalue weighted by Crippen LogP contribution is -2.36. The number of nitrogens with zero attached hydrogens (tertiary/aromatic N) is 2. The molecule has 168 valence electrons. The zero-order valence-corrected chi connectivity index (χ0v) is 18.6. The minimum atomic E-state index is -1.48. The highest BCUT2D eigenvalue weighted by molar-refractivity contribution is 5.62. The molecule has 0 bridgehead atoms. The van der Waals surface area contributed by atoms with E-state index in [9.17, 15) is 9.90 Å². The second kappa shape index (κ2) is 10.2. The van der Waals surface area contributed by atoms with Crippen LogP contribution in [0.1, 0.15) is 70.7 Å². The molecule has 0 unspecified atom stereocenters. The lowest BCUT2D eigenvalue weighted by molar-refractivity contribution is -0.240. The third-order valence-electron chi connectivity index (χ3n) is 5.39. The monoisotopic (exact) mass is 428 g/mol. The number of aromatic nitrogens is 2. The van der Waals surface area contributed by atoms with Gasteiger partial charge in [0, 0.05) is 29.9 Å². The average Bonchev–Trinajstić information content (AvgIpc) is 3.06. The summed E-state index contributed by atoms with van der Waals surface area (Å²) in [5.41, 5.74) is 2.40. The number of aryl methyl sites for hydroxylation is 1. The zero-order chi connectivity index (χ0) is 22.3. The van der Waals surface area contributed by atoms with Gasteiger partial charge in [0.25, 0.3) is 5.79 Å². The van der Waals surface area contributed by atoms with Crippen molar-refractivity contribution in [3.63, 3.8) is 0 Å². The molecule has 0 saturated carbocycles. The van der Waals surface area contributed by atoms with Gasteiger partial charge in [0.1, 0.15) is 12.4 Å². The van der Waals surface area contributed by atoms with Crippen LogP contribution in [0, 0.1) is 0 Å². The molecule has 0 spiro atoms. The highest BCUT2D eigenvalue weighted by Gasteiger charge is 2.50. The third kappa shape index (κ3) is 6.24. The topological polar surface area (TPSA) is 90.8 Å². The predicted octanol–water partition coefficient (Wildman–Crippen LogP) is 5.68. The highest BCUT2D eigenvalue weighted by atomic mass is 16.9. The molecule has 2 aromatic rings. The summed E-state index contributed by atoms with van der Waals surface area (Å²) < 4.78 is 16.5. The fourth-order valence-corrected chi connectivity index (χ4v) is 3.73. The molecule has 2 heterocycles. The summed E-state index contributed by atoms with van der Waals surface area (Å²) in [4.78, 5) is 20.2. The largest absolute Gasteiger partial charge is 0.508 e. The van der Waals surface area contributed by atoms with Crippen LogP contribution in [-0.4, -0.2) is 33.6 Å². The first kappa shape index (κ1) is 23.2. The van der Waals surface area contributed by atoms with Crippen molar-refractivity contribution in [1.82, 2.24) is 9.97 Å². The Morgan fingerprint density at radius 3 is 2.26 bits per heavy atom. The Balaban J connectivity index is 1.63. The van der Waals surface area contributed by atoms with E-state index in [1.54, 1.807) is 26.0 Å². The molecule has 1 fully saturated rings. The van der Waals surface area contributed by atoms with Gasteiger partial charge in [0.15, 0.2) is 5.79 Å². The molecule has 1 aliphatic rings. The number of unbranched alkanes of at least 4 members (excludes halogenated alkanes) is 5. The Bertz CT molecular complexity index is 851. The van der Waals surface area contributed by atoms with E-state index in [-0.39, 0.29) is 6.61 Å². The summed E-state index contributed by atoms with van der Waals surface area (Å²) in [6.45, 7) is 5.65. The van der Waals surface area contributed by atoms with Gasteiger partial charge in [-0.25, -0.2) is 14.8 Å². The van der Waals surface area contributed by atoms with Crippen LogP contribution in [0.2, 0.25) is 0 Å². The van der Waals surface area contributed by atoms with Gasteiger partial charge in [-0.2, -0.15) is 0 Å². The van der Waals surface area contributed by atoms with Crippen LogP contribution in [0.25, 0.3) is 11.1 Å². The van der Waals surface area contributed by atoms with E-state index in [2.05, 4.69) is 16.9 Å². The molecule has 0 radical (unpaired) electrons. The van der Waals surface area contributed by atoms with Crippen LogP contribution < -0.4 is 0 Å². The van der Waals surface area contributed by atoms with Gasteiger partial charge in [-0.15, -0.1) is 0 Å². The Kier molecular flexibility index (Phi) is 7.62. The number of carbonyl (C=O) groups is 1. The summed E-state index contributed by atoms with van der Waals surface area (Å²) in [6.07, 6.45) is 10.6. The van der Waals surface area contributed by atoms with Crippen molar-refractivity contribution in [3.05, 3.63) is 48.0 Å². The molecule has 1 atom stereocenters. The maximum Gasteiger partial charge on any atom is 0.508 e. The SMILES string of the molecule is CCCCCCCCc1ncc(-c2ccc([C@@]3(OC(=O)O)COC(C)(C)O3)cc2)cn1. The Labute approximate surface area is 183 Å². The van der Waals surface area contributed by atoms with E-state index in [4.69, 9.17) is 14.2 Å². The first-order chi connectivity index (χ1) is 14.8. The zero-order valence-electron chi connectivity index (χ0n) is 18.6. The molecule has 1 aromatic carbocycles. The third-order valence-corrected chi connectivity index (χ3v) is 5.39. The van der Waals surface area contributed by atoms with Gasteiger partial charge in [-0.1, -0.05) is 63.3 Å². The lowest BCUT2D eigenvalue weighted by atomic mass is 10.0. The fraction of sp³-hybridized carbons (Fsp3) is 0.542. The van der Waals surface area contributed by atoms with Crippen molar-refractivity contribution in [2.24, 2.45) is 0 Å². The number of carboxylic acid groups (broad SMARTS) is 1. The molecule has 7 nitrogen and oxygen atoms in total. The first-order valence-electron chi connectivity index (χ1n) is 11.0. The summed E-state index contributed by atoms with van der Waals surface area (Å²) in [6, 6.07) is 7.33. The normalized spacial score (nSPS) is 20.0. The molecule has 7 heteroatoms. The van der Waals surface area contributed by atoms with Crippen molar-refractivity contribution in [1.29, 1.82) is 0 Å². The van der Waals surface area contributed by atoms with Crippen molar-refractivity contribution < 1.29 is 24.1 Å². The van der Waals surface area contributed by atoms with Crippen LogP contribution in [-0.2, 0) is 26.4 Å². The smallest absolute Gasteiger partial charge is 0.450 e. The van der Waals surface area contributed by atoms with Crippen LogP contribution in [0.3, 0.4) is 0 Å². The number of hydrogen-bond donors (Lipinski definition) is 1. The minimum Gasteiger partial charge on any atom is -0.450 e. The van der Waals surface area contributed by atoms with E-state index >= 15 is 0 Å². The summed E-state index contributed by atoms with van der Waals surface area (Å²) in [5.74, 6) is -1.55. The Morgan fingerprint density at radius 2 is 1.68 bits per heavy atom. The van der Waals surface area contributed by atoms with Gasteiger partial charge < -0.3 is 19.3 Å². The minimum absolute atomic E-state index is 0.0120. The van der Waals surface area contributed by atoms with E-state index < -0.39 is 17.7 Å². The molecule has 3 rings (SSSR count). The second-order valence-corrected chi connectivity index (χ2v) is 8.39. The molecule has 31 heavy (non-hydrogen) atoms. The molecule has 0 aliphatic carbocycles. The van der Waals surface area contributed by atoms with Gasteiger partial charge >= 0.3 is 6.16 Å². The van der Waals surface area contributed by atoms with Crippen molar-refractivity contribution in [3.8, 4) is 11.1 Å². The predicted molar refractivity (Wildman–Crippen MR) is 116 cm³/mol. The summed E-state index contributed by atoms with van der Waals surface area (Å²) in [5, 5.41) is 9.17. The second-order valence-electron chi connectivity index (χ2n) is 8.39. The average molecular weight is 429 g/mol. The van der Waals surface area contributed by atoms with Crippen molar-refractivity contribution in [2.75, 3.05) is 6.61 Å². The van der Waals surface area contributed by atoms with Crippen LogP contribution >= 0.6 is 0 Å². The Hall–Kier alpha value is -2.51. The molecule has 1 aliphatic heterocycles. The summed E-state index contributed by atoms with van der Waals surface area (Å²) in [7, 11) is 0. The molecule has 1 aromatic heterocycles. The fourth-order valence-electron chi connectivity index (χ4n) is 3.73. The number of ether oxygens (including phenoxy) is 3. The molecular formula is C24H32N2O5. The van der Waals surface area contributed by atoms with Gasteiger partial charge in [0.05, 0.1) is 0 Å². The lowest BCUT2D eigenvalue weighted by Gasteiger charge is -2.28. The first-order valence-corrected chi connectivity index (χ1v) is 11.0. The number of benzene rings is 1. The molecule has 1 N–H and O–H groups in total. The van der Waals surface area contributed by atoms with Crippen LogP contribution in [0.4, 0.5) is 4.79 Å². The number of hydrogen-bond acceptors (Lipinski definition) is 6. The summed E-state index contributed by atoms with van der Waals surface area (Å²) >= 11 is 0. The van der Waals surface area contributed by atoms with E-state index in [1.165, 1.54) is 32.1 Å². The van der Waals surface area contributed by atoms with E-state index in [0.717, 1.165) is 29.8 Å². The molecular weight excluding hydrogens is 396 g/mol. The van der Waals surface area contributed by atoms with Crippen LogP contribution in [0.15, 0.2) is 36.7 Å². The highest BCUT2D eigenvalue weighted by Crippen LogP contribution is 2.40. The molecule has 0 amide bonds. The van der Waals surface area contributed by atoms with E-state index in [0.29, 0.717) is 5.56 Å². The molecule has 1 saturated heterocycles. The van der Waals surface area contributed by atoms with Crippen molar-refractivity contribution in [2.45, 2.75) is 77.3 Å². The van der Waals surface area contributed by atoms with Crippen molar-refractivity contribution >= 4 is 6.16 Å². The maximum absolute atomic E-state index is 11.2. The van der Waals surface area contributed by atoms with Crippen LogP contribution in [0.5, 0.6) is 0 Å². The number of rotatable bonds is 10. The maximum atomic E-state index is 11.2. The Morgan fingerprint density at radius 1 is 1.03 bits per heavy atom. The quantitative estimate of drug-likeness (QED) is 0.385. The van der Waals surface area contributed by atoms with Gasteiger partial charge in [-0.05, 0) is 25.8 Å². The van der Waals surface area contributed by atoms with Gasteiger partial charge in [-0.3, -0.25) is 0 Å². The van der Waals surface area contributed by atoms with Gasteiger partial charge in [0.2, 0.25) is 0 Å². The standard InChI is InChI=1S/C24H32N2O5/c1-4-5-6-7-8-9-10-21-25-15-19(16-26-21)18-11-13-20(14-12-18)24(30-22(27)28)17-29-23(2,3)31-24/h11-16H,4-10,17H2,1-3H3,(H,27,28)/t24-/m1/s1.